The molecule has 15 heavy (non-hydrogen) atoms. The van der Waals surface area contributed by atoms with Gasteiger partial charge in [0.2, 0.25) is 0 Å². The summed E-state index contributed by atoms with van der Waals surface area (Å²) >= 11 is 0. The average molecular weight is 208 g/mol. The lowest BCUT2D eigenvalue weighted by atomic mass is 10.1. The summed E-state index contributed by atoms with van der Waals surface area (Å²) < 4.78 is 0. The molecule has 0 aliphatic heterocycles. The highest BCUT2D eigenvalue weighted by molar-refractivity contribution is 5.11. The summed E-state index contributed by atoms with van der Waals surface area (Å²) in [5.74, 6) is 5.81. The Morgan fingerprint density at radius 2 is 1.80 bits per heavy atom. The first kappa shape index (κ1) is 14.3. The van der Waals surface area contributed by atoms with Crippen molar-refractivity contribution in [3.8, 4) is 11.8 Å². The van der Waals surface area contributed by atoms with Crippen LogP contribution in [-0.4, -0.2) is 11.2 Å². The second-order valence-electron chi connectivity index (χ2n) is 3.81. The number of hydrogen-bond acceptors (Lipinski definition) is 1. The topological polar surface area (TPSA) is 20.2 Å². The monoisotopic (exact) mass is 208 g/mol. The van der Waals surface area contributed by atoms with Crippen molar-refractivity contribution in [2.75, 3.05) is 0 Å². The molecule has 1 N–H and O–H groups in total. The lowest BCUT2D eigenvalue weighted by molar-refractivity contribution is 0.280. The molecule has 0 radical (unpaired) electrons. The van der Waals surface area contributed by atoms with E-state index in [2.05, 4.69) is 18.8 Å². The van der Waals surface area contributed by atoms with E-state index in [4.69, 9.17) is 0 Å². The Bertz CT molecular complexity index is 207. The van der Waals surface area contributed by atoms with Crippen molar-refractivity contribution < 1.29 is 5.11 Å². The van der Waals surface area contributed by atoms with Crippen LogP contribution in [0, 0.1) is 11.8 Å². The summed E-state index contributed by atoms with van der Waals surface area (Å²) in [6, 6.07) is 0. The zero-order valence-electron chi connectivity index (χ0n) is 10.1. The highest BCUT2D eigenvalue weighted by Crippen LogP contribution is 2.06. The quantitative estimate of drug-likeness (QED) is 0.384. The summed E-state index contributed by atoms with van der Waals surface area (Å²) in [4.78, 5) is 0. The fraction of sp³-hybridized carbons (Fsp3) is 0.714. The minimum atomic E-state index is -0.574. The molecular weight excluding hydrogens is 184 g/mol. The summed E-state index contributed by atoms with van der Waals surface area (Å²) in [6.45, 7) is 4.12. The zero-order valence-corrected chi connectivity index (χ0v) is 10.1. The lowest BCUT2D eigenvalue weighted by Crippen LogP contribution is -1.95. The van der Waals surface area contributed by atoms with Gasteiger partial charge >= 0.3 is 0 Å². The minimum absolute atomic E-state index is 0.574. The van der Waals surface area contributed by atoms with Gasteiger partial charge in [-0.3, -0.25) is 0 Å². The predicted octanol–water partition coefficient (Wildman–Crippen LogP) is 3.68. The molecular formula is C14H24O. The smallest absolute Gasteiger partial charge is 0.133 e. The molecule has 0 aromatic carbocycles. The Kier molecular flexibility index (Phi) is 10.8. The molecule has 86 valence electrons. The predicted molar refractivity (Wildman–Crippen MR) is 66.6 cm³/mol. The molecule has 0 aromatic rings. The Hall–Kier alpha value is -0.740. The number of rotatable bonds is 7. The first-order valence-electron chi connectivity index (χ1n) is 6.10. The van der Waals surface area contributed by atoms with Gasteiger partial charge in [-0.25, -0.2) is 0 Å². The molecule has 1 nitrogen and oxygen atoms in total. The average Bonchev–Trinajstić information content (AvgIpc) is 2.22. The van der Waals surface area contributed by atoms with Crippen molar-refractivity contribution in [3.05, 3.63) is 12.2 Å². The molecule has 0 rings (SSSR count). The molecule has 0 spiro atoms. The normalized spacial score (nSPS) is 12.5. The van der Waals surface area contributed by atoms with E-state index in [1.807, 2.05) is 13.0 Å². The van der Waals surface area contributed by atoms with Crippen molar-refractivity contribution in [3.63, 3.8) is 0 Å². The Labute approximate surface area is 94.6 Å². The number of unbranched alkanes of at least 4 members (excludes halogenated alkanes) is 6. The van der Waals surface area contributed by atoms with Crippen molar-refractivity contribution in [1.82, 2.24) is 0 Å². The van der Waals surface area contributed by atoms with Crippen LogP contribution in [0.3, 0.4) is 0 Å². The van der Waals surface area contributed by atoms with Crippen molar-refractivity contribution in [2.45, 2.75) is 64.9 Å². The van der Waals surface area contributed by atoms with E-state index in [0.717, 1.165) is 6.42 Å². The highest BCUT2D eigenvalue weighted by Gasteiger charge is 1.89. The second kappa shape index (κ2) is 11.3. The first-order valence-corrected chi connectivity index (χ1v) is 6.10. The number of aliphatic hydroxyl groups is 1. The number of hydrogen-bond donors (Lipinski definition) is 1. The van der Waals surface area contributed by atoms with Gasteiger partial charge in [0.05, 0.1) is 0 Å². The van der Waals surface area contributed by atoms with E-state index in [0.29, 0.717) is 0 Å². The maximum absolute atomic E-state index is 9.26. The van der Waals surface area contributed by atoms with Gasteiger partial charge in [-0.05, 0) is 19.4 Å². The fourth-order valence-electron chi connectivity index (χ4n) is 1.40. The van der Waals surface area contributed by atoms with Crippen molar-refractivity contribution in [2.24, 2.45) is 0 Å². The van der Waals surface area contributed by atoms with Crippen LogP contribution in [0.25, 0.3) is 0 Å². The molecule has 0 aliphatic carbocycles. The molecule has 0 fully saturated rings. The van der Waals surface area contributed by atoms with E-state index in [1.54, 1.807) is 6.08 Å². The van der Waals surface area contributed by atoms with E-state index in [9.17, 15) is 5.11 Å². The standard InChI is InChI=1S/C14H24O/c1-3-5-6-7-8-9-10-11-13-14(15)12-4-2/h4,12,14-15H,3,5-10H2,1-2H3/b12-4+. The van der Waals surface area contributed by atoms with Gasteiger partial charge in [0.15, 0.2) is 0 Å². The highest BCUT2D eigenvalue weighted by atomic mass is 16.3. The van der Waals surface area contributed by atoms with E-state index >= 15 is 0 Å². The van der Waals surface area contributed by atoms with Gasteiger partial charge < -0.3 is 5.11 Å². The second-order valence-corrected chi connectivity index (χ2v) is 3.81. The lowest BCUT2D eigenvalue weighted by Gasteiger charge is -1.96. The zero-order chi connectivity index (χ0) is 11.4. The minimum Gasteiger partial charge on any atom is -0.377 e. The van der Waals surface area contributed by atoms with Crippen LogP contribution >= 0.6 is 0 Å². The Balaban J connectivity index is 3.29. The van der Waals surface area contributed by atoms with Gasteiger partial charge in [-0.1, -0.05) is 51.0 Å². The summed E-state index contributed by atoms with van der Waals surface area (Å²) in [5, 5.41) is 9.26. The van der Waals surface area contributed by atoms with Crippen molar-refractivity contribution >= 4 is 0 Å². The van der Waals surface area contributed by atoms with E-state index in [-0.39, 0.29) is 0 Å². The molecule has 0 saturated carbocycles. The molecule has 0 bridgehead atoms. The molecule has 0 amide bonds. The molecule has 1 unspecified atom stereocenters. The third kappa shape index (κ3) is 11.2. The van der Waals surface area contributed by atoms with Crippen LogP contribution in [0.4, 0.5) is 0 Å². The van der Waals surface area contributed by atoms with E-state index < -0.39 is 6.10 Å². The maximum atomic E-state index is 9.26. The molecule has 1 heteroatoms. The Morgan fingerprint density at radius 1 is 1.13 bits per heavy atom. The van der Waals surface area contributed by atoms with Gasteiger partial charge in [-0.2, -0.15) is 0 Å². The molecule has 0 aromatic heterocycles. The Morgan fingerprint density at radius 3 is 2.47 bits per heavy atom. The third-order valence-corrected chi connectivity index (χ3v) is 2.28. The number of allylic oxidation sites excluding steroid dienone is 1. The van der Waals surface area contributed by atoms with Crippen LogP contribution in [0.5, 0.6) is 0 Å². The third-order valence-electron chi connectivity index (χ3n) is 2.28. The summed E-state index contributed by atoms with van der Waals surface area (Å²) in [5.41, 5.74) is 0. The maximum Gasteiger partial charge on any atom is 0.133 e. The molecule has 0 aliphatic rings. The SMILES string of the molecule is C/C=C/C(O)C#CCCCCCCCC. The number of aliphatic hydroxyl groups excluding tert-OH is 1. The molecule has 0 heterocycles. The summed E-state index contributed by atoms with van der Waals surface area (Å²) in [6.07, 6.45) is 11.6. The van der Waals surface area contributed by atoms with Crippen molar-refractivity contribution in [1.29, 1.82) is 0 Å². The van der Waals surface area contributed by atoms with E-state index in [1.165, 1.54) is 38.5 Å². The van der Waals surface area contributed by atoms with Crippen LogP contribution < -0.4 is 0 Å². The van der Waals surface area contributed by atoms with Gasteiger partial charge in [0.1, 0.15) is 6.10 Å². The largest absolute Gasteiger partial charge is 0.377 e. The van der Waals surface area contributed by atoms with Crippen LogP contribution in [0.15, 0.2) is 12.2 Å². The first-order chi connectivity index (χ1) is 7.31. The van der Waals surface area contributed by atoms with Crippen LogP contribution in [-0.2, 0) is 0 Å². The molecule has 0 saturated heterocycles. The van der Waals surface area contributed by atoms with Gasteiger partial charge in [0, 0.05) is 6.42 Å². The van der Waals surface area contributed by atoms with Crippen LogP contribution in [0.1, 0.15) is 58.8 Å². The van der Waals surface area contributed by atoms with Gasteiger partial charge in [0.25, 0.3) is 0 Å². The molecule has 1 atom stereocenters. The van der Waals surface area contributed by atoms with Crippen LogP contribution in [0.2, 0.25) is 0 Å². The summed E-state index contributed by atoms with van der Waals surface area (Å²) in [7, 11) is 0. The van der Waals surface area contributed by atoms with Gasteiger partial charge in [-0.15, -0.1) is 5.92 Å². The fourth-order valence-corrected chi connectivity index (χ4v) is 1.40.